The van der Waals surface area contributed by atoms with Crippen molar-refractivity contribution in [1.29, 1.82) is 10.0 Å². The molecule has 0 aromatic heterocycles. The van der Waals surface area contributed by atoms with Crippen LogP contribution in [0.25, 0.3) is 0 Å². The van der Waals surface area contributed by atoms with Crippen LogP contribution in [0.15, 0.2) is 18.2 Å². The van der Waals surface area contributed by atoms with E-state index in [1.54, 1.807) is 25.5 Å². The Labute approximate surface area is 174 Å². The Kier molecular flexibility index (Phi) is 7.43. The Morgan fingerprint density at radius 2 is 1.76 bits per heavy atom. The smallest absolute Gasteiger partial charge is 0.468 e. The van der Waals surface area contributed by atoms with Crippen LogP contribution >= 0.6 is 15.5 Å². The third-order valence-electron chi connectivity index (χ3n) is 5.02. The van der Waals surface area contributed by atoms with Gasteiger partial charge in [0.25, 0.3) is 0 Å². The first-order chi connectivity index (χ1) is 13.3. The molecule has 1 saturated heterocycles. The molecule has 1 fully saturated rings. The van der Waals surface area contributed by atoms with E-state index in [1.165, 1.54) is 7.11 Å². The summed E-state index contributed by atoms with van der Waals surface area (Å²) in [6.45, 7) is 11.0. The van der Waals surface area contributed by atoms with Crippen LogP contribution < -0.4 is 15.1 Å². The molecule has 11 heteroatoms. The maximum atomic E-state index is 12.1. The second-order valence-electron chi connectivity index (χ2n) is 7.99. The number of hydrogen-bond donors (Lipinski definition) is 1. The van der Waals surface area contributed by atoms with Gasteiger partial charge in [-0.25, -0.2) is 10.1 Å². The largest absolute Gasteiger partial charge is 0.494 e. The molecule has 1 aliphatic heterocycles. The highest BCUT2D eigenvalue weighted by Crippen LogP contribution is 2.37. The second kappa shape index (κ2) is 9.08. The third-order valence-corrected chi connectivity index (χ3v) is 6.18. The monoisotopic (exact) mass is 439 g/mol. The molecule has 2 unspecified atom stereocenters. The Balaban J connectivity index is 2.40. The molecule has 1 aromatic carbocycles. The lowest BCUT2D eigenvalue weighted by Gasteiger charge is -2.32. The van der Waals surface area contributed by atoms with Crippen molar-refractivity contribution in [1.82, 2.24) is 5.09 Å². The normalized spacial score (nSPS) is 19.4. The first-order valence-corrected chi connectivity index (χ1v) is 12.6. The maximum absolute atomic E-state index is 12.1. The van der Waals surface area contributed by atoms with E-state index in [9.17, 15) is 14.8 Å². The summed E-state index contributed by atoms with van der Waals surface area (Å²) in [6, 6.07) is 4.66. The zero-order chi connectivity index (χ0) is 22.0. The molecule has 158 valence electrons. The molecule has 2 rings (SSSR count). The fourth-order valence-electron chi connectivity index (χ4n) is 2.91. The van der Waals surface area contributed by atoms with Crippen LogP contribution in [0.1, 0.15) is 33.3 Å². The summed E-state index contributed by atoms with van der Waals surface area (Å²) < 4.78 is 22.6. The zero-order valence-corrected chi connectivity index (χ0v) is 19.7. The predicted octanol–water partition coefficient (Wildman–Crippen LogP) is 3.05. The third kappa shape index (κ3) is 5.98. The molecule has 3 atom stereocenters. The number of rotatable bonds is 6. The number of nitrogens with one attached hydrogen (secondary N) is 1. The van der Waals surface area contributed by atoms with Crippen LogP contribution in [0.3, 0.4) is 0 Å². The minimum Gasteiger partial charge on any atom is -0.468 e. The lowest BCUT2D eigenvalue weighted by molar-refractivity contribution is -0.142. The average molecular weight is 439 g/mol. The highest BCUT2D eigenvalue weighted by molar-refractivity contribution is 7.40. The average Bonchev–Trinajstić information content (AvgIpc) is 2.80. The predicted molar refractivity (Wildman–Crippen MR) is 115 cm³/mol. The van der Waals surface area contributed by atoms with Crippen molar-refractivity contribution in [3.05, 3.63) is 23.8 Å². The van der Waals surface area contributed by atoms with Crippen LogP contribution in [0.5, 0.6) is 5.75 Å². The van der Waals surface area contributed by atoms with Gasteiger partial charge in [-0.3, -0.25) is 4.79 Å². The second-order valence-corrected chi connectivity index (χ2v) is 10.4. The molecule has 1 aromatic rings. The summed E-state index contributed by atoms with van der Waals surface area (Å²) in [5, 5.41) is 22.3. The van der Waals surface area contributed by atoms with Crippen molar-refractivity contribution < 1.29 is 23.4 Å². The number of carbonyl (C=O) groups excluding carboxylic acids is 1. The molecular weight excluding hydrogens is 411 g/mol. The number of hydrogen-bond acceptors (Lipinski definition) is 8. The van der Waals surface area contributed by atoms with Gasteiger partial charge in [0.1, 0.15) is 19.5 Å². The molecule has 1 aliphatic rings. The minimum atomic E-state index is -1.63. The van der Waals surface area contributed by atoms with Gasteiger partial charge in [-0.05, 0) is 57.3 Å². The summed E-state index contributed by atoms with van der Waals surface area (Å²) in [5.74, 6) is -0.0218. The number of nitrogens with zero attached hydrogens (tertiary/aromatic N) is 2. The summed E-state index contributed by atoms with van der Waals surface area (Å²) in [4.78, 5) is 12.1. The topological polar surface area (TPSA) is 114 Å². The van der Waals surface area contributed by atoms with Crippen LogP contribution in [0.4, 0.5) is 0 Å². The van der Waals surface area contributed by atoms with E-state index < -0.39 is 45.8 Å². The SMILES string of the molecule is COC(=O)[C@H](Cc1cc(OP(C)#N)cc(B2OC(C)(C)C(C)(C)O2)c1)NP(C)#N. The van der Waals surface area contributed by atoms with Crippen molar-refractivity contribution >= 4 is 34.0 Å². The number of methoxy groups -OCH3 is 1. The Hall–Kier alpha value is -1.55. The van der Waals surface area contributed by atoms with Gasteiger partial charge in [-0.1, -0.05) is 6.07 Å². The molecular formula is C18H28BN3O5P2. The van der Waals surface area contributed by atoms with Gasteiger partial charge >= 0.3 is 13.1 Å². The molecule has 0 aliphatic carbocycles. The molecule has 0 bridgehead atoms. The van der Waals surface area contributed by atoms with E-state index >= 15 is 0 Å². The molecule has 0 amide bonds. The molecule has 0 radical (unpaired) electrons. The van der Waals surface area contributed by atoms with Crippen molar-refractivity contribution in [2.45, 2.75) is 51.4 Å². The van der Waals surface area contributed by atoms with Crippen molar-refractivity contribution in [3.63, 3.8) is 0 Å². The highest BCUT2D eigenvalue weighted by atomic mass is 31.1. The summed E-state index contributed by atoms with van der Waals surface area (Å²) in [6.07, 6.45) is 0.261. The Morgan fingerprint density at radius 3 is 2.24 bits per heavy atom. The van der Waals surface area contributed by atoms with E-state index in [2.05, 4.69) is 5.09 Å². The summed E-state index contributed by atoms with van der Waals surface area (Å²) in [5.41, 5.74) is 0.463. The van der Waals surface area contributed by atoms with E-state index in [4.69, 9.17) is 18.6 Å². The van der Waals surface area contributed by atoms with Gasteiger partial charge in [0, 0.05) is 13.3 Å². The zero-order valence-electron chi connectivity index (χ0n) is 17.9. The van der Waals surface area contributed by atoms with Gasteiger partial charge in [0.2, 0.25) is 7.78 Å². The summed E-state index contributed by atoms with van der Waals surface area (Å²) in [7, 11) is -2.45. The molecule has 0 spiro atoms. The number of carbonyl (C=O) groups is 1. The van der Waals surface area contributed by atoms with Gasteiger partial charge in [-0.15, -0.1) is 0 Å². The van der Waals surface area contributed by atoms with Gasteiger partial charge in [0.15, 0.2) is 0 Å². The lowest BCUT2D eigenvalue weighted by atomic mass is 9.78. The molecule has 0 saturated carbocycles. The van der Waals surface area contributed by atoms with E-state index in [0.717, 1.165) is 11.0 Å². The van der Waals surface area contributed by atoms with E-state index in [-0.39, 0.29) is 6.42 Å². The molecule has 1 N–H and O–H groups in total. The van der Waals surface area contributed by atoms with Gasteiger partial charge in [0.05, 0.1) is 18.3 Å². The maximum Gasteiger partial charge on any atom is 0.494 e. The van der Waals surface area contributed by atoms with Crippen LogP contribution in [-0.4, -0.2) is 50.8 Å². The van der Waals surface area contributed by atoms with Crippen LogP contribution in [0.2, 0.25) is 0 Å². The van der Waals surface area contributed by atoms with Crippen molar-refractivity contribution in [2.75, 3.05) is 20.4 Å². The first kappa shape index (κ1) is 23.7. The van der Waals surface area contributed by atoms with Crippen molar-refractivity contribution in [2.24, 2.45) is 0 Å². The van der Waals surface area contributed by atoms with Crippen molar-refractivity contribution in [3.8, 4) is 5.75 Å². The van der Waals surface area contributed by atoms with Gasteiger partial charge < -0.3 is 18.6 Å². The first-order valence-electron chi connectivity index (χ1n) is 9.21. The number of benzene rings is 1. The Morgan fingerprint density at radius 1 is 1.17 bits per heavy atom. The minimum absolute atomic E-state index is 0.261. The highest BCUT2D eigenvalue weighted by Gasteiger charge is 2.51. The standard InChI is InChI=1S/C18H28BN3O5P2/c1-17(2)18(3,4)27-19(26-17)13-8-12(9-14(11-13)25-29(7)21)10-15(16(23)24-5)22-28(6)20/h8-9,11,15,22H,10H2,1-7H3/t15-/m0/s1. The Bertz CT molecular complexity index is 904. The molecule has 29 heavy (non-hydrogen) atoms. The van der Waals surface area contributed by atoms with Gasteiger partial charge in [-0.2, -0.15) is 5.00 Å². The van der Waals surface area contributed by atoms with Crippen LogP contribution in [0, 0.1) is 10.0 Å². The van der Waals surface area contributed by atoms with Crippen LogP contribution in [-0.2, 0) is 25.3 Å². The molecule has 1 heterocycles. The quantitative estimate of drug-likeness (QED) is 0.409. The summed E-state index contributed by atoms with van der Waals surface area (Å²) >= 11 is 0. The van der Waals surface area contributed by atoms with E-state index in [1.807, 2.05) is 33.8 Å². The fourth-order valence-corrected chi connectivity index (χ4v) is 3.97. The molecule has 8 nitrogen and oxygen atoms in total. The number of ether oxygens (including phenoxy) is 1. The lowest BCUT2D eigenvalue weighted by Crippen LogP contribution is -2.41. The fraction of sp³-hybridized carbons (Fsp3) is 0.611. The van der Waals surface area contributed by atoms with E-state index in [0.29, 0.717) is 5.75 Å². The number of esters is 1.